The Labute approximate surface area is 164 Å². The molecular weight excluding hydrogens is 363 g/mol. The van der Waals surface area contributed by atoms with Crippen molar-refractivity contribution < 1.29 is 14.0 Å². The molecule has 0 aliphatic rings. The summed E-state index contributed by atoms with van der Waals surface area (Å²) in [6.07, 6.45) is 0. The molecule has 27 heavy (non-hydrogen) atoms. The van der Waals surface area contributed by atoms with Crippen LogP contribution in [0.4, 0.5) is 4.39 Å². The summed E-state index contributed by atoms with van der Waals surface area (Å²) in [4.78, 5) is 26.0. The first-order valence-electron chi connectivity index (χ1n) is 8.90. The summed E-state index contributed by atoms with van der Waals surface area (Å²) in [5, 5.41) is 2.76. The summed E-state index contributed by atoms with van der Waals surface area (Å²) >= 11 is 1.55. The molecule has 4 nitrogen and oxygen atoms in total. The Morgan fingerprint density at radius 3 is 2.52 bits per heavy atom. The van der Waals surface area contributed by atoms with Crippen LogP contribution in [0.5, 0.6) is 0 Å². The molecule has 0 spiro atoms. The number of benzene rings is 2. The van der Waals surface area contributed by atoms with Gasteiger partial charge in [0.25, 0.3) is 0 Å². The van der Waals surface area contributed by atoms with E-state index in [0.29, 0.717) is 18.8 Å². The second-order valence-corrected chi connectivity index (χ2v) is 7.28. The van der Waals surface area contributed by atoms with Gasteiger partial charge in [-0.05, 0) is 37.1 Å². The minimum Gasteiger partial charge on any atom is -0.350 e. The van der Waals surface area contributed by atoms with Gasteiger partial charge in [0, 0.05) is 18.8 Å². The molecular formula is C21H25FN2O2S. The first kappa shape index (κ1) is 21.0. The molecule has 0 fully saturated rings. The number of nitrogens with zero attached hydrogens (tertiary/aromatic N) is 1. The van der Waals surface area contributed by atoms with Crippen molar-refractivity contribution in [2.45, 2.75) is 26.1 Å². The first-order chi connectivity index (χ1) is 13.0. The lowest BCUT2D eigenvalue weighted by Crippen LogP contribution is -2.41. The lowest BCUT2D eigenvalue weighted by molar-refractivity contribution is -0.133. The maximum Gasteiger partial charge on any atom is 0.239 e. The van der Waals surface area contributed by atoms with Crippen LogP contribution < -0.4 is 5.32 Å². The second-order valence-electron chi connectivity index (χ2n) is 6.29. The highest BCUT2D eigenvalue weighted by Gasteiger charge is 2.15. The van der Waals surface area contributed by atoms with Crippen LogP contribution >= 0.6 is 11.8 Å². The Kier molecular flexibility index (Phi) is 8.33. The molecule has 2 rings (SSSR count). The fraction of sp³-hybridized carbons (Fsp3) is 0.333. The van der Waals surface area contributed by atoms with E-state index in [1.165, 1.54) is 23.3 Å². The molecule has 0 aliphatic carbocycles. The van der Waals surface area contributed by atoms with Crippen LogP contribution in [0.3, 0.4) is 0 Å². The predicted molar refractivity (Wildman–Crippen MR) is 108 cm³/mol. The normalized spacial score (nSPS) is 10.5. The number of aryl methyl sites for hydroxylation is 1. The quantitative estimate of drug-likeness (QED) is 0.715. The van der Waals surface area contributed by atoms with Crippen LogP contribution in [0.1, 0.15) is 23.6 Å². The highest BCUT2D eigenvalue weighted by molar-refractivity contribution is 7.99. The molecule has 2 amide bonds. The maximum atomic E-state index is 12.9. The SMILES string of the molecule is CCN(CC(=O)NCc1ccc(F)cc1)C(=O)CSCc1cccc(C)c1. The Morgan fingerprint density at radius 1 is 1.11 bits per heavy atom. The van der Waals surface area contributed by atoms with Gasteiger partial charge in [-0.1, -0.05) is 42.0 Å². The highest BCUT2D eigenvalue weighted by atomic mass is 32.2. The molecule has 0 bridgehead atoms. The van der Waals surface area contributed by atoms with E-state index < -0.39 is 0 Å². The third-order valence-electron chi connectivity index (χ3n) is 4.05. The van der Waals surface area contributed by atoms with Crippen molar-refractivity contribution in [1.29, 1.82) is 0 Å². The number of carbonyl (C=O) groups excluding carboxylic acids is 2. The van der Waals surface area contributed by atoms with Crippen LogP contribution in [0, 0.1) is 12.7 Å². The van der Waals surface area contributed by atoms with E-state index in [2.05, 4.69) is 11.4 Å². The van der Waals surface area contributed by atoms with E-state index in [1.54, 1.807) is 28.8 Å². The van der Waals surface area contributed by atoms with Crippen molar-refractivity contribution in [3.63, 3.8) is 0 Å². The van der Waals surface area contributed by atoms with Crippen molar-refractivity contribution in [3.05, 3.63) is 71.0 Å². The standard InChI is InChI=1S/C21H25FN2O2S/c1-3-24(13-20(25)23-12-17-7-9-19(22)10-8-17)21(26)15-27-14-18-6-4-5-16(2)11-18/h4-11H,3,12-15H2,1-2H3,(H,23,25). The third-order valence-corrected chi connectivity index (χ3v) is 5.04. The number of halogens is 1. The fourth-order valence-corrected chi connectivity index (χ4v) is 3.43. The van der Waals surface area contributed by atoms with Crippen molar-refractivity contribution in [1.82, 2.24) is 10.2 Å². The van der Waals surface area contributed by atoms with Crippen LogP contribution in [0.2, 0.25) is 0 Å². The van der Waals surface area contributed by atoms with Gasteiger partial charge in [-0.15, -0.1) is 11.8 Å². The molecule has 0 aliphatic heterocycles. The minimum atomic E-state index is -0.309. The van der Waals surface area contributed by atoms with E-state index in [-0.39, 0.29) is 24.2 Å². The van der Waals surface area contributed by atoms with E-state index >= 15 is 0 Å². The Balaban J connectivity index is 1.74. The number of thioether (sulfide) groups is 1. The number of rotatable bonds is 9. The van der Waals surface area contributed by atoms with Gasteiger partial charge in [0.1, 0.15) is 5.82 Å². The van der Waals surface area contributed by atoms with Crippen molar-refractivity contribution in [3.8, 4) is 0 Å². The molecule has 0 heterocycles. The minimum absolute atomic E-state index is 0.0293. The zero-order valence-electron chi connectivity index (χ0n) is 15.7. The predicted octanol–water partition coefficient (Wildman–Crippen LogP) is 3.53. The van der Waals surface area contributed by atoms with Crippen molar-refractivity contribution >= 4 is 23.6 Å². The topological polar surface area (TPSA) is 49.4 Å². The van der Waals surface area contributed by atoms with Gasteiger partial charge in [0.15, 0.2) is 0 Å². The van der Waals surface area contributed by atoms with Crippen LogP contribution in [-0.4, -0.2) is 35.6 Å². The Morgan fingerprint density at radius 2 is 1.85 bits per heavy atom. The number of hydrogen-bond acceptors (Lipinski definition) is 3. The molecule has 0 radical (unpaired) electrons. The summed E-state index contributed by atoms with van der Waals surface area (Å²) in [6.45, 7) is 4.72. The highest BCUT2D eigenvalue weighted by Crippen LogP contribution is 2.14. The second kappa shape index (κ2) is 10.7. The molecule has 2 aromatic rings. The van der Waals surface area contributed by atoms with E-state index in [1.807, 2.05) is 32.0 Å². The molecule has 1 N–H and O–H groups in total. The lowest BCUT2D eigenvalue weighted by Gasteiger charge is -2.20. The molecule has 0 saturated carbocycles. The summed E-state index contributed by atoms with van der Waals surface area (Å²) < 4.78 is 12.9. The largest absolute Gasteiger partial charge is 0.350 e. The van der Waals surface area contributed by atoms with Crippen LogP contribution in [-0.2, 0) is 21.9 Å². The third kappa shape index (κ3) is 7.43. The maximum absolute atomic E-state index is 12.9. The zero-order chi connectivity index (χ0) is 19.6. The smallest absolute Gasteiger partial charge is 0.239 e. The van der Waals surface area contributed by atoms with E-state index in [9.17, 15) is 14.0 Å². The average molecular weight is 389 g/mol. The first-order valence-corrected chi connectivity index (χ1v) is 10.1. The van der Waals surface area contributed by atoms with Crippen molar-refractivity contribution in [2.75, 3.05) is 18.8 Å². The van der Waals surface area contributed by atoms with Gasteiger partial charge in [0.05, 0.1) is 12.3 Å². The number of amides is 2. The summed E-state index contributed by atoms with van der Waals surface area (Å²) in [6, 6.07) is 14.2. The van der Waals surface area contributed by atoms with Gasteiger partial charge in [-0.2, -0.15) is 0 Å². The summed E-state index contributed by atoms with van der Waals surface area (Å²) in [5.74, 6) is 0.524. The molecule has 2 aromatic carbocycles. The number of carbonyl (C=O) groups is 2. The fourth-order valence-electron chi connectivity index (χ4n) is 2.56. The monoisotopic (exact) mass is 388 g/mol. The molecule has 0 atom stereocenters. The van der Waals surface area contributed by atoms with Gasteiger partial charge in [0.2, 0.25) is 11.8 Å². The number of nitrogens with one attached hydrogen (secondary N) is 1. The Bertz CT molecular complexity index is 765. The zero-order valence-corrected chi connectivity index (χ0v) is 16.5. The van der Waals surface area contributed by atoms with E-state index in [0.717, 1.165) is 11.3 Å². The molecule has 144 valence electrons. The van der Waals surface area contributed by atoms with Gasteiger partial charge in [-0.25, -0.2) is 4.39 Å². The Hall–Kier alpha value is -2.34. The number of hydrogen-bond donors (Lipinski definition) is 1. The van der Waals surface area contributed by atoms with Crippen LogP contribution in [0.25, 0.3) is 0 Å². The molecule has 6 heteroatoms. The number of likely N-dealkylation sites (N-methyl/N-ethyl adjacent to an activating group) is 1. The molecule has 0 unspecified atom stereocenters. The summed E-state index contributed by atoms with van der Waals surface area (Å²) in [7, 11) is 0. The lowest BCUT2D eigenvalue weighted by atomic mass is 10.2. The van der Waals surface area contributed by atoms with Crippen LogP contribution in [0.15, 0.2) is 48.5 Å². The van der Waals surface area contributed by atoms with Crippen molar-refractivity contribution in [2.24, 2.45) is 0 Å². The average Bonchev–Trinajstić information content (AvgIpc) is 2.65. The van der Waals surface area contributed by atoms with Gasteiger partial charge in [-0.3, -0.25) is 9.59 Å². The van der Waals surface area contributed by atoms with Gasteiger partial charge < -0.3 is 10.2 Å². The summed E-state index contributed by atoms with van der Waals surface area (Å²) in [5.41, 5.74) is 3.20. The molecule has 0 aromatic heterocycles. The van der Waals surface area contributed by atoms with Gasteiger partial charge >= 0.3 is 0 Å². The molecule has 0 saturated heterocycles. The van der Waals surface area contributed by atoms with E-state index in [4.69, 9.17) is 0 Å².